The summed E-state index contributed by atoms with van der Waals surface area (Å²) in [6.45, 7) is 2.29. The number of hydrogen-bond donors (Lipinski definition) is 2. The second-order valence-electron chi connectivity index (χ2n) is 4.65. The molecule has 2 unspecified atom stereocenters. The lowest BCUT2D eigenvalue weighted by Crippen LogP contribution is -2.37. The van der Waals surface area contributed by atoms with Gasteiger partial charge in [0.05, 0.1) is 12.5 Å². The number of likely N-dealkylation sites (N-methyl/N-ethyl adjacent to an activating group) is 1. The highest BCUT2D eigenvalue weighted by Crippen LogP contribution is 2.29. The number of nitrogens with one attached hydrogen (secondary N) is 1. The molecule has 0 radical (unpaired) electrons. The number of carbonyl (C=O) groups excluding carboxylic acids is 1. The van der Waals surface area contributed by atoms with Crippen molar-refractivity contribution in [1.82, 2.24) is 14.8 Å². The Bertz CT molecular complexity index is 443. The Kier molecular flexibility index (Phi) is 3.27. The molecular formula is C12H17N3O3. The number of nitrogens with zero attached hydrogens (tertiary/aromatic N) is 2. The first-order valence-electron chi connectivity index (χ1n) is 5.88. The summed E-state index contributed by atoms with van der Waals surface area (Å²) in [5.41, 5.74) is 1.04. The van der Waals surface area contributed by atoms with E-state index < -0.39 is 5.97 Å². The standard InChI is InChI=1S/C12H17N3O3/c1-8(5-11(16)17)15-7-10(14(2)12(15)18)9-3-4-13-6-9/h3-4,6,8,10,13H,5,7H2,1-2H3,(H,16,17). The minimum Gasteiger partial charge on any atom is -0.481 e. The van der Waals surface area contributed by atoms with Crippen molar-refractivity contribution in [2.45, 2.75) is 25.4 Å². The van der Waals surface area contributed by atoms with E-state index in [2.05, 4.69) is 4.98 Å². The van der Waals surface area contributed by atoms with Crippen molar-refractivity contribution in [2.24, 2.45) is 0 Å². The van der Waals surface area contributed by atoms with Gasteiger partial charge in [0, 0.05) is 32.0 Å². The van der Waals surface area contributed by atoms with Gasteiger partial charge in [-0.15, -0.1) is 0 Å². The van der Waals surface area contributed by atoms with Gasteiger partial charge in [-0.1, -0.05) is 0 Å². The molecule has 18 heavy (non-hydrogen) atoms. The van der Waals surface area contributed by atoms with Gasteiger partial charge in [0.25, 0.3) is 0 Å². The molecule has 1 fully saturated rings. The van der Waals surface area contributed by atoms with E-state index in [1.807, 2.05) is 18.5 Å². The molecule has 1 aromatic rings. The van der Waals surface area contributed by atoms with Gasteiger partial charge in [0.1, 0.15) is 0 Å². The Labute approximate surface area is 105 Å². The van der Waals surface area contributed by atoms with Crippen molar-refractivity contribution in [1.29, 1.82) is 0 Å². The Morgan fingerprint density at radius 2 is 2.39 bits per heavy atom. The second-order valence-corrected chi connectivity index (χ2v) is 4.65. The highest BCUT2D eigenvalue weighted by molar-refractivity contribution is 5.78. The van der Waals surface area contributed by atoms with Gasteiger partial charge in [0.2, 0.25) is 0 Å². The molecule has 98 valence electrons. The van der Waals surface area contributed by atoms with Crippen LogP contribution in [0.5, 0.6) is 0 Å². The Morgan fingerprint density at radius 3 is 2.94 bits per heavy atom. The number of carbonyl (C=O) groups is 2. The maximum atomic E-state index is 12.1. The van der Waals surface area contributed by atoms with Gasteiger partial charge in [-0.2, -0.15) is 0 Å². The number of rotatable bonds is 4. The fraction of sp³-hybridized carbons (Fsp3) is 0.500. The molecular weight excluding hydrogens is 234 g/mol. The van der Waals surface area contributed by atoms with Crippen molar-refractivity contribution in [3.05, 3.63) is 24.0 Å². The molecule has 0 aromatic carbocycles. The van der Waals surface area contributed by atoms with Crippen LogP contribution in [0.25, 0.3) is 0 Å². The highest BCUT2D eigenvalue weighted by Gasteiger charge is 2.38. The van der Waals surface area contributed by atoms with Gasteiger partial charge < -0.3 is 19.9 Å². The fourth-order valence-corrected chi connectivity index (χ4v) is 2.33. The Hall–Kier alpha value is -1.98. The topological polar surface area (TPSA) is 76.6 Å². The van der Waals surface area contributed by atoms with Crippen molar-refractivity contribution >= 4 is 12.0 Å². The molecule has 0 bridgehead atoms. The van der Waals surface area contributed by atoms with Crippen LogP contribution >= 0.6 is 0 Å². The fourth-order valence-electron chi connectivity index (χ4n) is 2.33. The number of aliphatic carboxylic acids is 1. The molecule has 2 N–H and O–H groups in total. The molecule has 2 rings (SSSR count). The summed E-state index contributed by atoms with van der Waals surface area (Å²) in [6.07, 6.45) is 3.65. The first-order chi connectivity index (χ1) is 8.50. The van der Waals surface area contributed by atoms with Crippen LogP contribution in [-0.2, 0) is 4.79 Å². The number of hydrogen-bond acceptors (Lipinski definition) is 2. The summed E-state index contributed by atoms with van der Waals surface area (Å²) in [5.74, 6) is -0.886. The van der Waals surface area contributed by atoms with E-state index in [0.717, 1.165) is 5.56 Å². The third-order valence-electron chi connectivity index (χ3n) is 3.39. The van der Waals surface area contributed by atoms with E-state index in [-0.39, 0.29) is 24.5 Å². The minimum absolute atomic E-state index is 0.0139. The van der Waals surface area contributed by atoms with Crippen molar-refractivity contribution < 1.29 is 14.7 Å². The van der Waals surface area contributed by atoms with E-state index in [4.69, 9.17) is 5.11 Å². The lowest BCUT2D eigenvalue weighted by Gasteiger charge is -2.22. The molecule has 1 aliphatic rings. The first kappa shape index (κ1) is 12.5. The van der Waals surface area contributed by atoms with E-state index in [1.165, 1.54) is 0 Å². The highest BCUT2D eigenvalue weighted by atomic mass is 16.4. The summed E-state index contributed by atoms with van der Waals surface area (Å²) in [4.78, 5) is 29.0. The molecule has 1 aromatic heterocycles. The number of urea groups is 1. The molecule has 2 heterocycles. The van der Waals surface area contributed by atoms with Crippen LogP contribution in [0, 0.1) is 0 Å². The minimum atomic E-state index is -0.886. The zero-order valence-corrected chi connectivity index (χ0v) is 10.5. The predicted molar refractivity (Wildman–Crippen MR) is 65.1 cm³/mol. The normalized spacial score (nSPS) is 21.4. The number of carboxylic acids is 1. The average molecular weight is 251 g/mol. The lowest BCUT2D eigenvalue weighted by atomic mass is 10.1. The van der Waals surface area contributed by atoms with Crippen LogP contribution in [0.4, 0.5) is 4.79 Å². The van der Waals surface area contributed by atoms with Crippen LogP contribution in [-0.4, -0.2) is 51.5 Å². The maximum Gasteiger partial charge on any atom is 0.320 e. The molecule has 2 atom stereocenters. The SMILES string of the molecule is CC(CC(=O)O)N1CC(c2cc[nH]c2)N(C)C1=O. The van der Waals surface area contributed by atoms with E-state index >= 15 is 0 Å². The van der Waals surface area contributed by atoms with Gasteiger partial charge in [-0.05, 0) is 18.6 Å². The molecule has 0 aliphatic carbocycles. The van der Waals surface area contributed by atoms with Crippen molar-refractivity contribution in [3.8, 4) is 0 Å². The predicted octanol–water partition coefficient (Wildman–Crippen LogP) is 1.29. The van der Waals surface area contributed by atoms with E-state index in [1.54, 1.807) is 23.8 Å². The summed E-state index contributed by atoms with van der Waals surface area (Å²) in [7, 11) is 1.74. The molecule has 1 aliphatic heterocycles. The zero-order valence-electron chi connectivity index (χ0n) is 10.5. The smallest absolute Gasteiger partial charge is 0.320 e. The third kappa shape index (κ3) is 2.18. The summed E-state index contributed by atoms with van der Waals surface area (Å²) in [5, 5.41) is 8.79. The Balaban J connectivity index is 2.12. The van der Waals surface area contributed by atoms with Gasteiger partial charge in [-0.3, -0.25) is 4.79 Å². The van der Waals surface area contributed by atoms with Crippen LogP contribution in [0.3, 0.4) is 0 Å². The molecule has 6 nitrogen and oxygen atoms in total. The summed E-state index contributed by atoms with van der Waals surface area (Å²) < 4.78 is 0. The first-order valence-corrected chi connectivity index (χ1v) is 5.88. The third-order valence-corrected chi connectivity index (χ3v) is 3.39. The molecule has 2 amide bonds. The zero-order chi connectivity index (χ0) is 13.3. The summed E-state index contributed by atoms with van der Waals surface area (Å²) >= 11 is 0. The second kappa shape index (κ2) is 4.72. The number of aromatic nitrogens is 1. The van der Waals surface area contributed by atoms with Crippen LogP contribution in [0.2, 0.25) is 0 Å². The number of carboxylic acid groups (broad SMARTS) is 1. The quantitative estimate of drug-likeness (QED) is 0.846. The Morgan fingerprint density at radius 1 is 1.67 bits per heavy atom. The molecule has 1 saturated heterocycles. The lowest BCUT2D eigenvalue weighted by molar-refractivity contribution is -0.137. The van der Waals surface area contributed by atoms with Gasteiger partial charge in [0.15, 0.2) is 0 Å². The largest absolute Gasteiger partial charge is 0.481 e. The van der Waals surface area contributed by atoms with Crippen molar-refractivity contribution in [2.75, 3.05) is 13.6 Å². The van der Waals surface area contributed by atoms with E-state index in [0.29, 0.717) is 6.54 Å². The van der Waals surface area contributed by atoms with Crippen LogP contribution < -0.4 is 0 Å². The van der Waals surface area contributed by atoms with Crippen LogP contribution in [0.1, 0.15) is 24.9 Å². The maximum absolute atomic E-state index is 12.1. The molecule has 6 heteroatoms. The summed E-state index contributed by atoms with van der Waals surface area (Å²) in [6, 6.07) is 1.51. The average Bonchev–Trinajstić information content (AvgIpc) is 2.88. The van der Waals surface area contributed by atoms with Gasteiger partial charge in [-0.25, -0.2) is 4.79 Å². The number of amides is 2. The van der Waals surface area contributed by atoms with E-state index in [9.17, 15) is 9.59 Å². The van der Waals surface area contributed by atoms with Crippen molar-refractivity contribution in [3.63, 3.8) is 0 Å². The van der Waals surface area contributed by atoms with Crippen LogP contribution in [0.15, 0.2) is 18.5 Å². The monoisotopic (exact) mass is 251 g/mol. The van der Waals surface area contributed by atoms with Gasteiger partial charge >= 0.3 is 12.0 Å². The number of H-pyrrole nitrogens is 1. The molecule has 0 saturated carbocycles. The number of aromatic amines is 1. The molecule has 0 spiro atoms.